The van der Waals surface area contributed by atoms with Crippen molar-refractivity contribution in [1.29, 1.82) is 0 Å². The van der Waals surface area contributed by atoms with Gasteiger partial charge in [0.15, 0.2) is 19.6 Å². The number of hydrogen-bond acceptors (Lipinski definition) is 15. The van der Waals surface area contributed by atoms with Gasteiger partial charge in [-0.3, -0.25) is 28.8 Å². The van der Waals surface area contributed by atoms with E-state index in [1.807, 2.05) is 59.7 Å². The molecule has 24 heteroatoms. The summed E-state index contributed by atoms with van der Waals surface area (Å²) in [6.07, 6.45) is 12.3. The predicted octanol–water partition coefficient (Wildman–Crippen LogP) is 2.04. The Morgan fingerprint density at radius 2 is 0.862 bits per heavy atom. The summed E-state index contributed by atoms with van der Waals surface area (Å²) in [6.45, 7) is 25.0. The van der Waals surface area contributed by atoms with Crippen LogP contribution in [0.15, 0.2) is 54.6 Å². The van der Waals surface area contributed by atoms with Crippen LogP contribution in [-0.4, -0.2) is 185 Å². The average Bonchev–Trinajstić information content (AvgIpc) is 0.881. The molecule has 3 saturated heterocycles. The summed E-state index contributed by atoms with van der Waals surface area (Å²) >= 11 is 0. The van der Waals surface area contributed by atoms with Gasteiger partial charge in [-0.2, -0.15) is 0 Å². The minimum absolute atomic E-state index is 0. The zero-order valence-corrected chi connectivity index (χ0v) is 61.9. The Labute approximate surface area is 591 Å². The largest absolute Gasteiger partial charge is 1.00 e. The maximum atomic E-state index is 13.1. The number of quaternary nitrogens is 3. The number of halogens is 2. The number of anilines is 3. The molecule has 4 N–H and O–H groups in total. The quantitative estimate of drug-likeness (QED) is 0.0369. The number of hydrogen-bond donors (Lipinski definition) is 4. The van der Waals surface area contributed by atoms with Gasteiger partial charge in [0.05, 0.1) is 126 Å². The topological polar surface area (TPSA) is 279 Å². The van der Waals surface area contributed by atoms with Gasteiger partial charge in [-0.15, -0.1) is 0 Å². The highest BCUT2D eigenvalue weighted by Crippen LogP contribution is 2.31. The number of likely N-dealkylation sites (tertiary alicyclic amines) is 3. The predicted molar refractivity (Wildman–Crippen MR) is 350 cm³/mol. The van der Waals surface area contributed by atoms with Crippen LogP contribution in [0.2, 0.25) is 0 Å². The molecule has 22 nitrogen and oxygen atoms in total. The molecule has 0 radical (unpaired) electrons. The Balaban J connectivity index is 0.000000466. The Bertz CT molecular complexity index is 3010. The molecule has 0 aromatic heterocycles. The maximum Gasteiger partial charge on any atom is 0.339 e. The van der Waals surface area contributed by atoms with Gasteiger partial charge in [0.1, 0.15) is 17.8 Å². The Morgan fingerprint density at radius 3 is 1.20 bits per heavy atom. The van der Waals surface area contributed by atoms with E-state index in [0.29, 0.717) is 79.0 Å². The first-order chi connectivity index (χ1) is 43.8. The summed E-state index contributed by atoms with van der Waals surface area (Å²) in [5, 5.41) is 20.0. The number of benzene rings is 3. The number of piperidine rings is 3. The number of amides is 4. The number of nitrogens with zero attached hydrogens (tertiary/aromatic N) is 3. The lowest BCUT2D eigenvalue weighted by Crippen LogP contribution is -3.00. The highest BCUT2D eigenvalue weighted by atomic mass is 127. The van der Waals surface area contributed by atoms with Crippen molar-refractivity contribution in [1.82, 2.24) is 5.32 Å². The van der Waals surface area contributed by atoms with Gasteiger partial charge in [0.2, 0.25) is 5.91 Å². The molecule has 4 amide bonds. The lowest BCUT2D eigenvalue weighted by molar-refractivity contribution is -0.925. The Morgan fingerprint density at radius 1 is 0.521 bits per heavy atom. The molecule has 94 heavy (non-hydrogen) atoms. The third-order valence-corrected chi connectivity index (χ3v) is 18.6. The standard InChI is InChI=1S/C25H36N2O5.C22H33N3O4.C22H32N2O4.CH2O2.2HI/c1-4-27(15-9-11-19(16-27)24(29)32-20-12-6-5-7-13-20)17-22(28)26-23-18(2)10-8-14-21(23)25(30)31-3;1-6-25(12-8-10-17(13-25)21(27)23-15(2)3)14-19(26)24-20-16(4)9-7-11-18(20)22(28)29-5;1-5-9-19(25)17-11-8-13-24(6-2,14-17)15-20(26)23-21-16(3)10-7-12-18(21)22(27)28-4;2-1-3;;/h8,10,14,19-20H,4-7,9,11-13,15-17H2,1-3H3;7,9,11,15,17H,6,8,10,12-14H2,1-5H3,(H-,23,24,26,27,28);7,10,12,17H,5-6,8-9,11,13-15H2,1-4H3;1H,(H,2,3);2*1H. The van der Waals surface area contributed by atoms with E-state index in [-0.39, 0.29) is 121 Å². The molecule has 3 aromatic rings. The molecule has 3 heterocycles. The molecule has 1 aliphatic carbocycles. The molecule has 0 spiro atoms. The van der Waals surface area contributed by atoms with Crippen LogP contribution in [0.3, 0.4) is 0 Å². The lowest BCUT2D eigenvalue weighted by atomic mass is 9.89. The van der Waals surface area contributed by atoms with E-state index in [4.69, 9.17) is 28.8 Å². The van der Waals surface area contributed by atoms with E-state index in [1.54, 1.807) is 36.4 Å². The fourth-order valence-corrected chi connectivity index (χ4v) is 13.4. The van der Waals surface area contributed by atoms with Crippen molar-refractivity contribution in [3.05, 3.63) is 88.0 Å². The van der Waals surface area contributed by atoms with Crippen molar-refractivity contribution >= 4 is 76.8 Å². The molecule has 4 fully saturated rings. The Kier molecular flexibility index (Phi) is 37.3. The van der Waals surface area contributed by atoms with Crippen molar-refractivity contribution in [2.45, 2.75) is 158 Å². The fourth-order valence-electron chi connectivity index (χ4n) is 13.4. The summed E-state index contributed by atoms with van der Waals surface area (Å²) in [7, 11) is 3.98. The van der Waals surface area contributed by atoms with E-state index in [1.165, 1.54) is 27.8 Å². The van der Waals surface area contributed by atoms with E-state index in [9.17, 15) is 43.2 Å². The van der Waals surface area contributed by atoms with Crippen LogP contribution in [0.4, 0.5) is 17.1 Å². The summed E-state index contributed by atoms with van der Waals surface area (Å²) in [5.41, 5.74) is 4.95. The molecular formula is C70H105I2N7O15. The molecule has 6 unspecified atom stereocenters. The summed E-state index contributed by atoms with van der Waals surface area (Å²) in [6, 6.07) is 15.9. The van der Waals surface area contributed by atoms with Crippen LogP contribution in [0.1, 0.15) is 173 Å². The first kappa shape index (κ1) is 84.0. The number of carbonyl (C=O) groups is 10. The number of Topliss-reactive ketones (excluding diaryl/α,β-unsaturated/α-hetero) is 1. The second-order valence-corrected chi connectivity index (χ2v) is 25.5. The molecule has 3 aromatic carbocycles. The molecule has 1 saturated carbocycles. The maximum absolute atomic E-state index is 13.1. The first-order valence-corrected chi connectivity index (χ1v) is 32.9. The first-order valence-electron chi connectivity index (χ1n) is 32.9. The van der Waals surface area contributed by atoms with Gasteiger partial charge >= 0.3 is 23.9 Å². The molecule has 4 aliphatic rings. The number of esters is 4. The molecule has 0 bridgehead atoms. The van der Waals surface area contributed by atoms with Gasteiger partial charge in [-0.25, -0.2) is 14.4 Å². The van der Waals surface area contributed by atoms with Crippen molar-refractivity contribution in [3.63, 3.8) is 0 Å². The van der Waals surface area contributed by atoms with Crippen molar-refractivity contribution in [2.75, 3.05) is 116 Å². The van der Waals surface area contributed by atoms with E-state index in [0.717, 1.165) is 133 Å². The van der Waals surface area contributed by atoms with Crippen molar-refractivity contribution < 1.29 is 133 Å². The lowest BCUT2D eigenvalue weighted by Gasteiger charge is -2.43. The monoisotopic (exact) mass is 1540 g/mol. The van der Waals surface area contributed by atoms with Crippen LogP contribution in [0, 0.1) is 38.5 Å². The van der Waals surface area contributed by atoms with Crippen LogP contribution in [0.25, 0.3) is 0 Å². The van der Waals surface area contributed by atoms with E-state index >= 15 is 0 Å². The fraction of sp³-hybridized carbons (Fsp3) is 0.600. The molecule has 3 aliphatic heterocycles. The molecular weight excluding hydrogens is 1430 g/mol. The number of methoxy groups -OCH3 is 3. The molecule has 524 valence electrons. The van der Waals surface area contributed by atoms with Crippen LogP contribution in [-0.2, 0) is 52.5 Å². The zero-order valence-electron chi connectivity index (χ0n) is 57.6. The second-order valence-electron chi connectivity index (χ2n) is 25.5. The van der Waals surface area contributed by atoms with Gasteiger partial charge in [-0.1, -0.05) is 49.7 Å². The highest BCUT2D eigenvalue weighted by molar-refractivity contribution is 6.04. The van der Waals surface area contributed by atoms with Gasteiger partial charge in [0, 0.05) is 18.9 Å². The van der Waals surface area contributed by atoms with Crippen LogP contribution >= 0.6 is 0 Å². The van der Waals surface area contributed by atoms with Crippen LogP contribution < -0.4 is 74.3 Å². The van der Waals surface area contributed by atoms with Gasteiger partial charge in [-0.05, 0) is 161 Å². The molecule has 6 atom stereocenters. The zero-order chi connectivity index (χ0) is 68.2. The second kappa shape index (κ2) is 41.8. The number of carbonyl (C=O) groups excluding carboxylic acids is 10. The summed E-state index contributed by atoms with van der Waals surface area (Å²) < 4.78 is 22.1. The third-order valence-electron chi connectivity index (χ3n) is 18.6. The minimum Gasteiger partial charge on any atom is -1.00 e. The number of ketones is 1. The number of rotatable bonds is 22. The molecule has 7 rings (SSSR count). The number of para-hydroxylation sites is 3. The number of nitrogens with one attached hydrogen (secondary N) is 4. The third kappa shape index (κ3) is 25.2. The highest BCUT2D eigenvalue weighted by Gasteiger charge is 2.42. The van der Waals surface area contributed by atoms with Crippen molar-refractivity contribution in [2.24, 2.45) is 17.8 Å². The van der Waals surface area contributed by atoms with Gasteiger partial charge < -0.3 is 112 Å². The van der Waals surface area contributed by atoms with Crippen molar-refractivity contribution in [3.8, 4) is 0 Å². The smallest absolute Gasteiger partial charge is 0.339 e. The average molecular weight is 1540 g/mol. The van der Waals surface area contributed by atoms with Crippen LogP contribution in [0.5, 0.6) is 0 Å². The summed E-state index contributed by atoms with van der Waals surface area (Å²) in [5.74, 6) is -1.78. The van der Waals surface area contributed by atoms with E-state index < -0.39 is 24.4 Å². The summed E-state index contributed by atoms with van der Waals surface area (Å²) in [4.78, 5) is 121. The minimum atomic E-state index is -0.500. The number of likely N-dealkylation sites (N-methyl/N-ethyl adjacent to an activating group) is 3. The Hall–Kier alpha value is -6.10. The SMILES string of the molecule is CCCC(=O)C1CCC[N+](CC)(CC(=O)Nc2c(C)cccc2C(=O)OC)C1.CC[N+]1(CC(=O)Nc2c(C)cccc2C(=O)OC)CCCC(C(=O)NC(C)C)C1.CC[N+]1(CC(=O)Nc2c(C)cccc2C(=O)OC)CCCC(C(=O)OC2CCCCC2)C1.O=C[O-].[I-].[I-]. The number of aryl methyl sites for hydroxylation is 3. The van der Waals surface area contributed by atoms with E-state index in [2.05, 4.69) is 42.0 Å². The van der Waals surface area contributed by atoms with Gasteiger partial charge in [0.25, 0.3) is 17.7 Å². The number of carboxylic acid groups (broad SMARTS) is 1. The normalized spacial score (nSPS) is 21.4. The number of ether oxygens (including phenoxy) is 4.